The summed E-state index contributed by atoms with van der Waals surface area (Å²) in [5.41, 5.74) is -2.60. The molecule has 0 saturated carbocycles. The molecular weight excluding hydrogens is 196 g/mol. The number of aliphatic hydroxyl groups is 2. The van der Waals surface area contributed by atoms with Crippen LogP contribution in [0.1, 0.15) is 0 Å². The lowest BCUT2D eigenvalue weighted by molar-refractivity contribution is -0.187. The third-order valence-corrected chi connectivity index (χ3v) is 1.96. The summed E-state index contributed by atoms with van der Waals surface area (Å²) in [5, 5.41) is 26.1. The zero-order valence-corrected chi connectivity index (χ0v) is 6.62. The van der Waals surface area contributed by atoms with Crippen LogP contribution in [0.2, 0.25) is 0 Å². The van der Waals surface area contributed by atoms with E-state index in [-0.39, 0.29) is 0 Å². The van der Waals surface area contributed by atoms with Crippen LogP contribution in [0, 0.1) is 0 Å². The molecule has 76 valence electrons. The van der Waals surface area contributed by atoms with Crippen LogP contribution in [0.4, 0.5) is 9.59 Å². The first kappa shape index (κ1) is 8.72. The van der Waals surface area contributed by atoms with Gasteiger partial charge in [0, 0.05) is 0 Å². The molecule has 0 bridgehead atoms. The van der Waals surface area contributed by atoms with Gasteiger partial charge in [0.2, 0.25) is 0 Å². The first-order valence-corrected chi connectivity index (χ1v) is 3.56. The van der Waals surface area contributed by atoms with Crippen LogP contribution in [0.25, 0.3) is 0 Å². The molecule has 6 N–H and O–H groups in total. The lowest BCUT2D eigenvalue weighted by Gasteiger charge is -2.37. The highest BCUT2D eigenvalue weighted by molar-refractivity contribution is 6.06. The van der Waals surface area contributed by atoms with E-state index in [0.29, 0.717) is 0 Å². The van der Waals surface area contributed by atoms with Gasteiger partial charge in [-0.2, -0.15) is 0 Å². The predicted octanol–water partition coefficient (Wildman–Crippen LogP) is -3.53. The molecular formula is C5H6N4O5. The maximum absolute atomic E-state index is 11.1. The Morgan fingerprint density at radius 3 is 2.14 bits per heavy atom. The fourth-order valence-electron chi connectivity index (χ4n) is 1.27. The van der Waals surface area contributed by atoms with Gasteiger partial charge >= 0.3 is 12.1 Å². The van der Waals surface area contributed by atoms with Crippen LogP contribution in [-0.2, 0) is 4.79 Å². The molecule has 9 heteroatoms. The Balaban J connectivity index is 2.46. The van der Waals surface area contributed by atoms with E-state index in [1.807, 2.05) is 0 Å². The lowest BCUT2D eigenvalue weighted by Crippen LogP contribution is -2.80. The molecule has 5 amide bonds. The Hall–Kier alpha value is -1.87. The van der Waals surface area contributed by atoms with Crippen molar-refractivity contribution in [3.05, 3.63) is 0 Å². The van der Waals surface area contributed by atoms with Crippen molar-refractivity contribution < 1.29 is 24.6 Å². The summed E-state index contributed by atoms with van der Waals surface area (Å²) in [6, 6.07) is -2.00. The highest BCUT2D eigenvalue weighted by Gasteiger charge is 2.66. The Morgan fingerprint density at radius 1 is 0.929 bits per heavy atom. The topological polar surface area (TPSA) is 140 Å². The summed E-state index contributed by atoms with van der Waals surface area (Å²) in [4.78, 5) is 32.7. The van der Waals surface area contributed by atoms with Crippen molar-refractivity contribution >= 4 is 18.0 Å². The summed E-state index contributed by atoms with van der Waals surface area (Å²) in [5.74, 6) is -3.74. The molecule has 2 atom stereocenters. The van der Waals surface area contributed by atoms with Crippen LogP contribution < -0.4 is 21.3 Å². The third kappa shape index (κ3) is 0.818. The van der Waals surface area contributed by atoms with E-state index < -0.39 is 29.5 Å². The van der Waals surface area contributed by atoms with Gasteiger partial charge in [-0.25, -0.2) is 9.59 Å². The molecule has 0 unspecified atom stereocenters. The average molecular weight is 202 g/mol. The first-order chi connectivity index (χ1) is 6.37. The first-order valence-electron chi connectivity index (χ1n) is 3.56. The van der Waals surface area contributed by atoms with Gasteiger partial charge in [0.05, 0.1) is 0 Å². The molecule has 9 nitrogen and oxygen atoms in total. The van der Waals surface area contributed by atoms with Gasteiger partial charge in [-0.15, -0.1) is 0 Å². The van der Waals surface area contributed by atoms with E-state index in [0.717, 1.165) is 0 Å². The zero-order valence-electron chi connectivity index (χ0n) is 6.62. The van der Waals surface area contributed by atoms with Crippen LogP contribution >= 0.6 is 0 Å². The SMILES string of the molecule is O=C1NC(=O)[C@@]2(O)NC(=O)N[C@@]2(O)N1. The molecule has 0 spiro atoms. The minimum absolute atomic E-state index is 0.979. The van der Waals surface area contributed by atoms with Crippen LogP contribution in [0.5, 0.6) is 0 Å². The van der Waals surface area contributed by atoms with Gasteiger partial charge in [-0.1, -0.05) is 0 Å². The Morgan fingerprint density at radius 2 is 1.50 bits per heavy atom. The minimum Gasteiger partial charge on any atom is -0.358 e. The van der Waals surface area contributed by atoms with Crippen molar-refractivity contribution in [1.29, 1.82) is 0 Å². The fraction of sp³-hybridized carbons (Fsp3) is 0.400. The number of nitrogens with one attached hydrogen (secondary N) is 4. The second-order valence-corrected chi connectivity index (χ2v) is 2.91. The van der Waals surface area contributed by atoms with Gasteiger partial charge < -0.3 is 10.2 Å². The van der Waals surface area contributed by atoms with Crippen molar-refractivity contribution in [1.82, 2.24) is 21.3 Å². The van der Waals surface area contributed by atoms with Crippen molar-refractivity contribution in [2.45, 2.75) is 11.6 Å². The van der Waals surface area contributed by atoms with Crippen LogP contribution in [0.3, 0.4) is 0 Å². The van der Waals surface area contributed by atoms with Crippen molar-refractivity contribution in [2.24, 2.45) is 0 Å². The molecule has 2 rings (SSSR count). The van der Waals surface area contributed by atoms with Gasteiger partial charge in [-0.3, -0.25) is 26.1 Å². The molecule has 14 heavy (non-hydrogen) atoms. The molecule has 0 aromatic carbocycles. The smallest absolute Gasteiger partial charge is 0.325 e. The number of hydrogen-bond acceptors (Lipinski definition) is 5. The van der Waals surface area contributed by atoms with E-state index in [1.165, 1.54) is 0 Å². The standard InChI is InChI=1S/C5H6N4O5/c10-1-4(13)5(14,8-2(11)6-1)9-3(12)7-4/h13-14H,(H2,7,9,12)(H2,6,8,10,11)/t4-,5-/m0/s1. The number of rotatable bonds is 0. The van der Waals surface area contributed by atoms with Crippen molar-refractivity contribution in [3.8, 4) is 0 Å². The molecule has 0 aromatic rings. The number of urea groups is 2. The maximum Gasteiger partial charge on any atom is 0.325 e. The number of imide groups is 1. The second kappa shape index (κ2) is 2.13. The molecule has 2 saturated heterocycles. The Kier molecular flexibility index (Phi) is 1.33. The second-order valence-electron chi connectivity index (χ2n) is 2.91. The Labute approximate surface area is 76.5 Å². The van der Waals surface area contributed by atoms with Crippen molar-refractivity contribution in [2.75, 3.05) is 0 Å². The summed E-state index contributed by atoms with van der Waals surface area (Å²) in [6.07, 6.45) is 0. The monoisotopic (exact) mass is 202 g/mol. The van der Waals surface area contributed by atoms with E-state index in [1.54, 1.807) is 21.3 Å². The summed E-state index contributed by atoms with van der Waals surface area (Å²) in [7, 11) is 0. The molecule has 0 radical (unpaired) electrons. The molecule has 2 aliphatic rings. The summed E-state index contributed by atoms with van der Waals surface area (Å²) in [6.45, 7) is 0. The zero-order chi connectivity index (χ0) is 10.6. The summed E-state index contributed by atoms with van der Waals surface area (Å²) >= 11 is 0. The largest absolute Gasteiger partial charge is 0.358 e. The molecule has 2 aliphatic heterocycles. The van der Waals surface area contributed by atoms with E-state index >= 15 is 0 Å². The minimum atomic E-state index is -2.60. The quantitative estimate of drug-likeness (QED) is 0.241. The molecule has 0 aromatic heterocycles. The van der Waals surface area contributed by atoms with Crippen LogP contribution in [-0.4, -0.2) is 39.8 Å². The predicted molar refractivity (Wildman–Crippen MR) is 38.2 cm³/mol. The highest BCUT2D eigenvalue weighted by Crippen LogP contribution is 2.22. The van der Waals surface area contributed by atoms with Gasteiger partial charge in [0.25, 0.3) is 17.5 Å². The normalized spacial score (nSPS) is 40.6. The van der Waals surface area contributed by atoms with Crippen LogP contribution in [0.15, 0.2) is 0 Å². The third-order valence-electron chi connectivity index (χ3n) is 1.96. The fourth-order valence-corrected chi connectivity index (χ4v) is 1.27. The Bertz CT molecular complexity index is 356. The van der Waals surface area contributed by atoms with Gasteiger partial charge in [0.15, 0.2) is 0 Å². The number of carbonyl (C=O) groups is 3. The highest BCUT2D eigenvalue weighted by atomic mass is 16.4. The number of carbonyl (C=O) groups excluding carboxylic acids is 3. The summed E-state index contributed by atoms with van der Waals surface area (Å²) < 4.78 is 0. The molecule has 2 heterocycles. The maximum atomic E-state index is 11.1. The average Bonchev–Trinajstić information content (AvgIpc) is 2.21. The van der Waals surface area contributed by atoms with Gasteiger partial charge in [0.1, 0.15) is 0 Å². The number of amides is 5. The van der Waals surface area contributed by atoms with Gasteiger partial charge in [-0.05, 0) is 0 Å². The van der Waals surface area contributed by atoms with E-state index in [2.05, 4.69) is 0 Å². The van der Waals surface area contributed by atoms with E-state index in [4.69, 9.17) is 0 Å². The molecule has 0 aliphatic carbocycles. The molecule has 2 fully saturated rings. The van der Waals surface area contributed by atoms with Crippen molar-refractivity contribution in [3.63, 3.8) is 0 Å². The number of hydrogen-bond donors (Lipinski definition) is 6. The lowest BCUT2D eigenvalue weighted by atomic mass is 10.1. The van der Waals surface area contributed by atoms with E-state index in [9.17, 15) is 24.6 Å². The number of fused-ring (bicyclic) bond motifs is 1.